The smallest absolute Gasteiger partial charge is 0.232 e. The van der Waals surface area contributed by atoms with Gasteiger partial charge in [-0.05, 0) is 43.3 Å². The number of carbonyl (C=O) groups excluding carboxylic acids is 1. The van der Waals surface area contributed by atoms with Crippen molar-refractivity contribution in [2.45, 2.75) is 12.1 Å². The molecule has 1 heterocycles. The van der Waals surface area contributed by atoms with Crippen molar-refractivity contribution in [2.24, 2.45) is 0 Å². The first-order valence-electron chi connectivity index (χ1n) is 8.77. The van der Waals surface area contributed by atoms with Gasteiger partial charge in [-0.2, -0.15) is 0 Å². The minimum Gasteiger partial charge on any atom is -0.494 e. The molecule has 2 aromatic carbocycles. The van der Waals surface area contributed by atoms with E-state index in [0.717, 1.165) is 17.0 Å². The van der Waals surface area contributed by atoms with Gasteiger partial charge in [-0.15, -0.1) is 10.2 Å². The zero-order chi connectivity index (χ0) is 20.1. The molecule has 0 saturated heterocycles. The van der Waals surface area contributed by atoms with Crippen LogP contribution in [0.4, 0.5) is 0 Å². The van der Waals surface area contributed by atoms with Crippen molar-refractivity contribution in [3.63, 3.8) is 0 Å². The second kappa shape index (κ2) is 9.12. The maximum atomic E-state index is 12.0. The van der Waals surface area contributed by atoms with Gasteiger partial charge < -0.3 is 9.64 Å². The summed E-state index contributed by atoms with van der Waals surface area (Å²) in [4.78, 5) is 13.6. The number of thioether (sulfide) groups is 1. The van der Waals surface area contributed by atoms with E-state index in [2.05, 4.69) is 10.2 Å². The van der Waals surface area contributed by atoms with Gasteiger partial charge in [0.05, 0.1) is 12.4 Å². The Hall–Kier alpha value is -2.51. The second-order valence-corrected chi connectivity index (χ2v) is 7.53. The lowest BCUT2D eigenvalue weighted by Gasteiger charge is -2.13. The summed E-state index contributed by atoms with van der Waals surface area (Å²) in [6, 6.07) is 15.2. The molecular formula is C20H21ClN4O2S. The summed E-state index contributed by atoms with van der Waals surface area (Å²) in [6.07, 6.45) is 0. The van der Waals surface area contributed by atoms with Crippen molar-refractivity contribution < 1.29 is 9.53 Å². The first-order valence-corrected chi connectivity index (χ1v) is 10.1. The van der Waals surface area contributed by atoms with Crippen LogP contribution in [0.15, 0.2) is 53.7 Å². The van der Waals surface area contributed by atoms with E-state index in [4.69, 9.17) is 16.3 Å². The number of amides is 1. The molecule has 28 heavy (non-hydrogen) atoms. The summed E-state index contributed by atoms with van der Waals surface area (Å²) < 4.78 is 7.46. The second-order valence-electron chi connectivity index (χ2n) is 6.16. The number of benzene rings is 2. The van der Waals surface area contributed by atoms with E-state index < -0.39 is 0 Å². The molecule has 3 rings (SSSR count). The molecule has 6 nitrogen and oxygen atoms in total. The molecule has 3 aromatic rings. The Morgan fingerprint density at radius 2 is 1.93 bits per heavy atom. The van der Waals surface area contributed by atoms with Crippen LogP contribution in [0.25, 0.3) is 17.1 Å². The van der Waals surface area contributed by atoms with Gasteiger partial charge in [-0.3, -0.25) is 9.36 Å². The fourth-order valence-electron chi connectivity index (χ4n) is 2.52. The first kappa shape index (κ1) is 20.2. The van der Waals surface area contributed by atoms with Gasteiger partial charge in [0.15, 0.2) is 11.0 Å². The van der Waals surface area contributed by atoms with Crippen LogP contribution in [0.1, 0.15) is 6.92 Å². The Balaban J connectivity index is 2.02. The van der Waals surface area contributed by atoms with Gasteiger partial charge in [-0.25, -0.2) is 0 Å². The van der Waals surface area contributed by atoms with Gasteiger partial charge in [0.1, 0.15) is 5.75 Å². The average Bonchev–Trinajstić information content (AvgIpc) is 3.11. The fraction of sp³-hybridized carbons (Fsp3) is 0.250. The molecule has 0 spiro atoms. The van der Waals surface area contributed by atoms with Crippen molar-refractivity contribution in [2.75, 3.05) is 26.5 Å². The molecule has 0 saturated carbocycles. The third-order valence-corrected chi connectivity index (χ3v) is 5.09. The van der Waals surface area contributed by atoms with E-state index in [1.165, 1.54) is 11.8 Å². The molecule has 146 valence electrons. The lowest BCUT2D eigenvalue weighted by Crippen LogP contribution is -2.23. The zero-order valence-corrected chi connectivity index (χ0v) is 17.5. The van der Waals surface area contributed by atoms with Gasteiger partial charge in [0, 0.05) is 30.4 Å². The molecule has 0 aliphatic carbocycles. The van der Waals surface area contributed by atoms with Crippen LogP contribution in [-0.4, -0.2) is 52.0 Å². The standard InChI is InChI=1S/C20H21ClN4O2S/c1-4-27-17-10-8-16(9-11-17)25-19(14-6-5-7-15(21)12-14)22-23-20(25)28-13-18(26)24(2)3/h5-12H,4,13H2,1-3H3. The topological polar surface area (TPSA) is 60.2 Å². The molecular weight excluding hydrogens is 396 g/mol. The number of rotatable bonds is 7. The van der Waals surface area contributed by atoms with Crippen LogP contribution in [0.3, 0.4) is 0 Å². The Labute approximate surface area is 173 Å². The molecule has 0 aliphatic rings. The van der Waals surface area contributed by atoms with Crippen LogP contribution < -0.4 is 4.74 Å². The highest BCUT2D eigenvalue weighted by molar-refractivity contribution is 7.99. The van der Waals surface area contributed by atoms with Crippen molar-refractivity contribution in [1.29, 1.82) is 0 Å². The molecule has 0 bridgehead atoms. The highest BCUT2D eigenvalue weighted by Crippen LogP contribution is 2.30. The lowest BCUT2D eigenvalue weighted by molar-refractivity contribution is -0.125. The van der Waals surface area contributed by atoms with E-state index >= 15 is 0 Å². The lowest BCUT2D eigenvalue weighted by atomic mass is 10.2. The van der Waals surface area contributed by atoms with Crippen LogP contribution in [0.5, 0.6) is 5.75 Å². The number of halogens is 1. The maximum absolute atomic E-state index is 12.0. The Morgan fingerprint density at radius 1 is 1.18 bits per heavy atom. The van der Waals surface area contributed by atoms with Crippen molar-refractivity contribution in [3.8, 4) is 22.8 Å². The highest BCUT2D eigenvalue weighted by atomic mass is 35.5. The van der Waals surface area contributed by atoms with E-state index in [1.807, 2.05) is 60.0 Å². The summed E-state index contributed by atoms with van der Waals surface area (Å²) in [5, 5.41) is 9.94. The third-order valence-electron chi connectivity index (χ3n) is 3.95. The van der Waals surface area contributed by atoms with E-state index in [-0.39, 0.29) is 11.7 Å². The monoisotopic (exact) mass is 416 g/mol. The quantitative estimate of drug-likeness (QED) is 0.541. The minimum atomic E-state index is 0.00977. The molecule has 0 aliphatic heterocycles. The molecule has 0 unspecified atom stereocenters. The minimum absolute atomic E-state index is 0.00977. The summed E-state index contributed by atoms with van der Waals surface area (Å²) in [5.74, 6) is 1.74. The van der Waals surface area contributed by atoms with Crippen molar-refractivity contribution >= 4 is 29.3 Å². The van der Waals surface area contributed by atoms with Crippen molar-refractivity contribution in [3.05, 3.63) is 53.6 Å². The fourth-order valence-corrected chi connectivity index (χ4v) is 3.64. The maximum Gasteiger partial charge on any atom is 0.232 e. The van der Waals surface area contributed by atoms with Gasteiger partial charge in [0.2, 0.25) is 5.91 Å². The van der Waals surface area contributed by atoms with Crippen LogP contribution in [-0.2, 0) is 4.79 Å². The number of hydrogen-bond acceptors (Lipinski definition) is 5. The van der Waals surface area contributed by atoms with Gasteiger partial charge in [0.25, 0.3) is 0 Å². The number of nitrogens with zero attached hydrogens (tertiary/aromatic N) is 4. The molecule has 0 N–H and O–H groups in total. The normalized spacial score (nSPS) is 10.7. The summed E-state index contributed by atoms with van der Waals surface area (Å²) in [7, 11) is 3.47. The van der Waals surface area contributed by atoms with Crippen molar-refractivity contribution in [1.82, 2.24) is 19.7 Å². The SMILES string of the molecule is CCOc1ccc(-n2c(SCC(=O)N(C)C)nnc2-c2cccc(Cl)c2)cc1. The molecule has 8 heteroatoms. The first-order chi connectivity index (χ1) is 13.5. The Morgan fingerprint density at radius 3 is 2.57 bits per heavy atom. The van der Waals surface area contributed by atoms with Crippen LogP contribution in [0, 0.1) is 0 Å². The summed E-state index contributed by atoms with van der Waals surface area (Å²) in [5.41, 5.74) is 1.72. The predicted octanol–water partition coefficient (Wildman–Crippen LogP) is 4.17. The molecule has 1 aromatic heterocycles. The molecule has 0 atom stereocenters. The van der Waals surface area contributed by atoms with Gasteiger partial charge >= 0.3 is 0 Å². The van der Waals surface area contributed by atoms with Crippen LogP contribution >= 0.6 is 23.4 Å². The number of aromatic nitrogens is 3. The largest absolute Gasteiger partial charge is 0.494 e. The number of hydrogen-bond donors (Lipinski definition) is 0. The molecule has 0 radical (unpaired) electrons. The summed E-state index contributed by atoms with van der Waals surface area (Å²) >= 11 is 7.51. The van der Waals surface area contributed by atoms with E-state index in [0.29, 0.717) is 22.6 Å². The molecule has 1 amide bonds. The Bertz CT molecular complexity index is 957. The predicted molar refractivity (Wildman–Crippen MR) is 112 cm³/mol. The van der Waals surface area contributed by atoms with Gasteiger partial charge in [-0.1, -0.05) is 35.5 Å². The number of carbonyl (C=O) groups is 1. The van der Waals surface area contributed by atoms with E-state index in [1.54, 1.807) is 19.0 Å². The molecule has 0 fully saturated rings. The number of ether oxygens (including phenoxy) is 1. The summed E-state index contributed by atoms with van der Waals surface area (Å²) in [6.45, 7) is 2.55. The third kappa shape index (κ3) is 4.66. The zero-order valence-electron chi connectivity index (χ0n) is 15.9. The van der Waals surface area contributed by atoms with Crippen LogP contribution in [0.2, 0.25) is 5.02 Å². The Kier molecular flexibility index (Phi) is 6.59. The average molecular weight is 417 g/mol. The highest BCUT2D eigenvalue weighted by Gasteiger charge is 2.18. The van der Waals surface area contributed by atoms with E-state index in [9.17, 15) is 4.79 Å².